The van der Waals surface area contributed by atoms with Crippen LogP contribution in [0.1, 0.15) is 26.3 Å². The van der Waals surface area contributed by atoms with Crippen LogP contribution < -0.4 is 16.2 Å². The van der Waals surface area contributed by atoms with Gasteiger partial charge in [0.05, 0.1) is 18.0 Å². The fourth-order valence-corrected chi connectivity index (χ4v) is 2.86. The fourth-order valence-electron chi connectivity index (χ4n) is 2.86. The van der Waals surface area contributed by atoms with Crippen LogP contribution in [0.3, 0.4) is 0 Å². The molecule has 0 saturated heterocycles. The van der Waals surface area contributed by atoms with Crippen LogP contribution in [0.25, 0.3) is 22.5 Å². The number of aromatic amines is 1. The number of hydrogen-bond donors (Lipinski definition) is 3. The standard InChI is InChI=1S/C22H24N4O2/c1-13(2)12-28-21-7-5-4-6-16(21)20-11-19(25-22(27)26-20)15-8-9-18(24)17(10-15)14(3)23/h4-11,13,23H,12,24H2,1-3H3,(H,25,26,27). The summed E-state index contributed by atoms with van der Waals surface area (Å²) in [7, 11) is 0. The number of H-pyrrole nitrogens is 1. The lowest BCUT2D eigenvalue weighted by molar-refractivity contribution is 0.272. The highest BCUT2D eigenvalue weighted by atomic mass is 16.5. The van der Waals surface area contributed by atoms with Crippen molar-refractivity contribution in [3.05, 3.63) is 64.6 Å². The number of rotatable bonds is 6. The van der Waals surface area contributed by atoms with Gasteiger partial charge in [-0.05, 0) is 43.2 Å². The first kappa shape index (κ1) is 19.4. The highest BCUT2D eigenvalue weighted by molar-refractivity contribution is 6.02. The van der Waals surface area contributed by atoms with E-state index in [1.54, 1.807) is 25.1 Å². The number of nitrogens with one attached hydrogen (secondary N) is 2. The van der Waals surface area contributed by atoms with E-state index in [9.17, 15) is 4.79 Å². The maximum Gasteiger partial charge on any atom is 0.345 e. The van der Waals surface area contributed by atoms with Gasteiger partial charge in [-0.25, -0.2) is 4.79 Å². The van der Waals surface area contributed by atoms with Crippen LogP contribution in [-0.2, 0) is 0 Å². The molecule has 0 unspecified atom stereocenters. The molecule has 144 valence electrons. The summed E-state index contributed by atoms with van der Waals surface area (Å²) in [6.07, 6.45) is 0. The van der Waals surface area contributed by atoms with Crippen molar-refractivity contribution in [1.29, 1.82) is 5.41 Å². The minimum atomic E-state index is -0.448. The molecule has 0 aliphatic carbocycles. The summed E-state index contributed by atoms with van der Waals surface area (Å²) in [4.78, 5) is 19.1. The number of nitrogens with zero attached hydrogens (tertiary/aromatic N) is 1. The molecular weight excluding hydrogens is 352 g/mol. The van der Waals surface area contributed by atoms with E-state index in [0.717, 1.165) is 11.1 Å². The number of para-hydroxylation sites is 1. The van der Waals surface area contributed by atoms with Gasteiger partial charge in [-0.3, -0.25) is 0 Å². The average molecular weight is 376 g/mol. The molecule has 6 nitrogen and oxygen atoms in total. The molecule has 0 aliphatic heterocycles. The molecule has 0 saturated carbocycles. The van der Waals surface area contributed by atoms with Gasteiger partial charge in [0.2, 0.25) is 0 Å². The van der Waals surface area contributed by atoms with Gasteiger partial charge in [0.15, 0.2) is 0 Å². The quantitative estimate of drug-likeness (QED) is 0.445. The number of benzene rings is 2. The van der Waals surface area contributed by atoms with Crippen LogP contribution in [0.5, 0.6) is 5.75 Å². The van der Waals surface area contributed by atoms with E-state index >= 15 is 0 Å². The zero-order chi connectivity index (χ0) is 20.3. The van der Waals surface area contributed by atoms with Crippen LogP contribution >= 0.6 is 0 Å². The Labute approximate surface area is 163 Å². The van der Waals surface area contributed by atoms with E-state index in [4.69, 9.17) is 15.9 Å². The molecule has 0 aliphatic rings. The molecule has 6 heteroatoms. The Morgan fingerprint density at radius 2 is 1.96 bits per heavy atom. The molecule has 0 bridgehead atoms. The first-order valence-corrected chi connectivity index (χ1v) is 9.14. The van der Waals surface area contributed by atoms with E-state index in [1.165, 1.54) is 0 Å². The molecule has 1 heterocycles. The van der Waals surface area contributed by atoms with Crippen molar-refractivity contribution in [3.63, 3.8) is 0 Å². The number of nitrogens with two attached hydrogens (primary N) is 1. The Kier molecular flexibility index (Phi) is 5.59. The summed E-state index contributed by atoms with van der Waals surface area (Å²) in [6.45, 7) is 6.42. The molecule has 3 rings (SSSR count). The third-order valence-electron chi connectivity index (χ3n) is 4.25. The lowest BCUT2D eigenvalue weighted by atomic mass is 10.0. The van der Waals surface area contributed by atoms with Gasteiger partial charge in [-0.1, -0.05) is 32.0 Å². The van der Waals surface area contributed by atoms with E-state index in [0.29, 0.717) is 46.6 Å². The summed E-state index contributed by atoms with van der Waals surface area (Å²) in [5.74, 6) is 1.09. The van der Waals surface area contributed by atoms with Crippen LogP contribution in [0.2, 0.25) is 0 Å². The minimum Gasteiger partial charge on any atom is -0.493 e. The topological polar surface area (TPSA) is 105 Å². The largest absolute Gasteiger partial charge is 0.493 e. The van der Waals surface area contributed by atoms with E-state index < -0.39 is 5.69 Å². The third-order valence-corrected chi connectivity index (χ3v) is 4.25. The Morgan fingerprint density at radius 3 is 2.68 bits per heavy atom. The molecule has 0 spiro atoms. The van der Waals surface area contributed by atoms with Gasteiger partial charge >= 0.3 is 5.69 Å². The van der Waals surface area contributed by atoms with Gasteiger partial charge < -0.3 is 20.9 Å². The molecule has 28 heavy (non-hydrogen) atoms. The Hall–Kier alpha value is -3.41. The second kappa shape index (κ2) is 8.08. The summed E-state index contributed by atoms with van der Waals surface area (Å²) in [5, 5.41) is 7.88. The van der Waals surface area contributed by atoms with Crippen LogP contribution in [0.15, 0.2) is 53.3 Å². The zero-order valence-corrected chi connectivity index (χ0v) is 16.2. The summed E-state index contributed by atoms with van der Waals surface area (Å²) in [6, 6.07) is 14.7. The molecule has 3 aromatic rings. The molecule has 4 N–H and O–H groups in total. The normalized spacial score (nSPS) is 10.9. The number of nitrogen functional groups attached to an aromatic ring is 1. The predicted molar refractivity (Wildman–Crippen MR) is 113 cm³/mol. The van der Waals surface area contributed by atoms with Crippen molar-refractivity contribution in [2.45, 2.75) is 20.8 Å². The maximum absolute atomic E-state index is 12.2. The number of hydrogen-bond acceptors (Lipinski definition) is 5. The van der Waals surface area contributed by atoms with Crippen molar-refractivity contribution in [2.75, 3.05) is 12.3 Å². The number of anilines is 1. The predicted octanol–water partition coefficient (Wildman–Crippen LogP) is 4.11. The monoisotopic (exact) mass is 376 g/mol. The Morgan fingerprint density at radius 1 is 1.21 bits per heavy atom. The summed E-state index contributed by atoms with van der Waals surface area (Å²) in [5.41, 5.74) is 9.67. The maximum atomic E-state index is 12.2. The summed E-state index contributed by atoms with van der Waals surface area (Å²) < 4.78 is 5.92. The first-order valence-electron chi connectivity index (χ1n) is 9.14. The SMILES string of the molecule is CC(=N)c1cc(-c2cc(-c3ccccc3OCC(C)C)[nH]c(=O)n2)ccc1N. The Balaban J connectivity index is 2.08. The van der Waals surface area contributed by atoms with Gasteiger partial charge in [-0.15, -0.1) is 0 Å². The lowest BCUT2D eigenvalue weighted by Gasteiger charge is -2.14. The summed E-state index contributed by atoms with van der Waals surface area (Å²) >= 11 is 0. The van der Waals surface area contributed by atoms with Crippen molar-refractivity contribution in [3.8, 4) is 28.3 Å². The number of ether oxygens (including phenoxy) is 1. The van der Waals surface area contributed by atoms with E-state index in [2.05, 4.69) is 23.8 Å². The minimum absolute atomic E-state index is 0.358. The molecule has 0 radical (unpaired) electrons. The van der Waals surface area contributed by atoms with Crippen molar-refractivity contribution in [1.82, 2.24) is 9.97 Å². The van der Waals surface area contributed by atoms with E-state index in [-0.39, 0.29) is 0 Å². The van der Waals surface area contributed by atoms with Crippen LogP contribution in [-0.4, -0.2) is 22.3 Å². The first-order chi connectivity index (χ1) is 13.3. The number of aromatic nitrogens is 2. The smallest absolute Gasteiger partial charge is 0.345 e. The van der Waals surface area contributed by atoms with Crippen LogP contribution in [0.4, 0.5) is 5.69 Å². The van der Waals surface area contributed by atoms with Crippen molar-refractivity contribution in [2.24, 2.45) is 5.92 Å². The molecule has 0 amide bonds. The van der Waals surface area contributed by atoms with E-state index in [1.807, 2.05) is 30.3 Å². The zero-order valence-electron chi connectivity index (χ0n) is 16.2. The Bertz CT molecular complexity index is 1070. The van der Waals surface area contributed by atoms with Gasteiger partial charge in [0.1, 0.15) is 5.75 Å². The highest BCUT2D eigenvalue weighted by Gasteiger charge is 2.12. The molecule has 0 atom stereocenters. The highest BCUT2D eigenvalue weighted by Crippen LogP contribution is 2.30. The van der Waals surface area contributed by atoms with Gasteiger partial charge in [0.25, 0.3) is 0 Å². The van der Waals surface area contributed by atoms with Crippen LogP contribution in [0, 0.1) is 11.3 Å². The average Bonchev–Trinajstić information content (AvgIpc) is 2.66. The second-order valence-corrected chi connectivity index (χ2v) is 7.11. The lowest BCUT2D eigenvalue weighted by Crippen LogP contribution is -2.13. The molecule has 2 aromatic carbocycles. The third kappa shape index (κ3) is 4.28. The second-order valence-electron chi connectivity index (χ2n) is 7.11. The molecule has 1 aromatic heterocycles. The van der Waals surface area contributed by atoms with Crippen molar-refractivity contribution < 1.29 is 4.74 Å². The van der Waals surface area contributed by atoms with Crippen molar-refractivity contribution >= 4 is 11.4 Å². The molecular formula is C22H24N4O2. The molecule has 0 fully saturated rings. The van der Waals surface area contributed by atoms with Gasteiger partial charge in [0, 0.05) is 28.1 Å². The van der Waals surface area contributed by atoms with Gasteiger partial charge in [-0.2, -0.15) is 4.98 Å². The fraction of sp³-hybridized carbons (Fsp3) is 0.227.